The molecule has 2 rings (SSSR count). The number of hydrogen-bond acceptors (Lipinski definition) is 7. The largest absolute Gasteiger partial charge is 0.383 e. The van der Waals surface area contributed by atoms with Crippen LogP contribution in [0.15, 0.2) is 17.3 Å². The maximum absolute atomic E-state index is 4.99. The summed E-state index contributed by atoms with van der Waals surface area (Å²) < 4.78 is 6.84. The SMILES string of the molecule is CCc1ccc(CSc2nnnn2CCNCCOC)s1. The summed E-state index contributed by atoms with van der Waals surface area (Å²) in [5.74, 6) is 0.919. The molecule has 0 atom stereocenters. The van der Waals surface area contributed by atoms with Gasteiger partial charge in [-0.25, -0.2) is 4.68 Å². The van der Waals surface area contributed by atoms with E-state index in [2.05, 4.69) is 39.9 Å². The zero-order chi connectivity index (χ0) is 14.9. The molecule has 116 valence electrons. The van der Waals surface area contributed by atoms with Crippen molar-refractivity contribution in [1.82, 2.24) is 25.5 Å². The Kier molecular flexibility index (Phi) is 7.14. The zero-order valence-corrected chi connectivity index (χ0v) is 14.0. The number of methoxy groups -OCH3 is 1. The van der Waals surface area contributed by atoms with E-state index in [1.165, 1.54) is 9.75 Å². The summed E-state index contributed by atoms with van der Waals surface area (Å²) in [5.41, 5.74) is 0. The molecule has 0 aliphatic heterocycles. The Hall–Kier alpha value is -0.960. The Balaban J connectivity index is 1.77. The molecule has 0 fully saturated rings. The highest BCUT2D eigenvalue weighted by Crippen LogP contribution is 2.25. The van der Waals surface area contributed by atoms with E-state index in [4.69, 9.17) is 4.74 Å². The molecule has 8 heteroatoms. The van der Waals surface area contributed by atoms with Crippen LogP contribution in [-0.4, -0.2) is 47.0 Å². The zero-order valence-electron chi connectivity index (χ0n) is 12.4. The fraction of sp³-hybridized carbons (Fsp3) is 0.615. The van der Waals surface area contributed by atoms with Crippen LogP contribution >= 0.6 is 23.1 Å². The third-order valence-electron chi connectivity index (χ3n) is 2.89. The van der Waals surface area contributed by atoms with Gasteiger partial charge in [-0.05, 0) is 29.0 Å². The summed E-state index contributed by atoms with van der Waals surface area (Å²) in [6, 6.07) is 4.39. The van der Waals surface area contributed by atoms with Crippen LogP contribution in [0.5, 0.6) is 0 Å². The first-order valence-corrected chi connectivity index (χ1v) is 8.80. The van der Waals surface area contributed by atoms with E-state index in [9.17, 15) is 0 Å². The van der Waals surface area contributed by atoms with Gasteiger partial charge in [0.15, 0.2) is 0 Å². The highest BCUT2D eigenvalue weighted by Gasteiger charge is 2.08. The van der Waals surface area contributed by atoms with E-state index in [1.54, 1.807) is 18.9 Å². The van der Waals surface area contributed by atoms with Gasteiger partial charge < -0.3 is 10.1 Å². The van der Waals surface area contributed by atoms with Crippen LogP contribution in [0.3, 0.4) is 0 Å². The molecule has 0 amide bonds. The van der Waals surface area contributed by atoms with E-state index in [-0.39, 0.29) is 0 Å². The minimum Gasteiger partial charge on any atom is -0.383 e. The van der Waals surface area contributed by atoms with Crippen molar-refractivity contribution in [3.8, 4) is 0 Å². The summed E-state index contributed by atoms with van der Waals surface area (Å²) in [5, 5.41) is 16.0. The fourth-order valence-electron chi connectivity index (χ4n) is 1.75. The Bertz CT molecular complexity index is 528. The van der Waals surface area contributed by atoms with Gasteiger partial charge in [0.05, 0.1) is 13.2 Å². The molecule has 0 aromatic carbocycles. The maximum atomic E-state index is 4.99. The average molecular weight is 327 g/mol. The third-order valence-corrected chi connectivity index (χ3v) is 5.31. The van der Waals surface area contributed by atoms with Crippen LogP contribution in [-0.2, 0) is 23.5 Å². The van der Waals surface area contributed by atoms with Crippen LogP contribution in [0.4, 0.5) is 0 Å². The van der Waals surface area contributed by atoms with Crippen LogP contribution in [0.1, 0.15) is 16.7 Å². The van der Waals surface area contributed by atoms with Gasteiger partial charge in [0, 0.05) is 35.7 Å². The lowest BCUT2D eigenvalue weighted by Gasteiger charge is -2.05. The second-order valence-corrected chi connectivity index (χ2v) is 6.63. The minimum absolute atomic E-state index is 0.718. The second kappa shape index (κ2) is 9.14. The van der Waals surface area contributed by atoms with Crippen molar-refractivity contribution < 1.29 is 4.74 Å². The fourth-order valence-corrected chi connectivity index (χ4v) is 3.65. The molecule has 0 saturated carbocycles. The Labute approximate surface area is 133 Å². The van der Waals surface area contributed by atoms with Gasteiger partial charge in [-0.3, -0.25) is 0 Å². The Morgan fingerprint density at radius 1 is 1.33 bits per heavy atom. The van der Waals surface area contributed by atoms with Gasteiger partial charge in [-0.1, -0.05) is 18.7 Å². The minimum atomic E-state index is 0.718. The molecular formula is C13H21N5OS2. The van der Waals surface area contributed by atoms with Crippen molar-refractivity contribution in [3.05, 3.63) is 21.9 Å². The monoisotopic (exact) mass is 327 g/mol. The number of ether oxygens (including phenoxy) is 1. The van der Waals surface area contributed by atoms with E-state index in [1.807, 2.05) is 16.0 Å². The summed E-state index contributed by atoms with van der Waals surface area (Å²) in [4.78, 5) is 2.79. The molecular weight excluding hydrogens is 306 g/mol. The summed E-state index contributed by atoms with van der Waals surface area (Å²) >= 11 is 3.55. The van der Waals surface area contributed by atoms with Gasteiger partial charge in [-0.15, -0.1) is 16.4 Å². The van der Waals surface area contributed by atoms with Crippen molar-refractivity contribution in [2.45, 2.75) is 30.8 Å². The van der Waals surface area contributed by atoms with Crippen molar-refractivity contribution in [2.75, 3.05) is 26.8 Å². The first kappa shape index (κ1) is 16.4. The standard InChI is InChI=1S/C13H21N5OS2/c1-3-11-4-5-12(21-11)10-20-13-15-16-17-18(13)8-6-14-7-9-19-2/h4-5,14H,3,6-10H2,1-2H3. The van der Waals surface area contributed by atoms with Crippen LogP contribution in [0, 0.1) is 0 Å². The number of aryl methyl sites for hydroxylation is 1. The quantitative estimate of drug-likeness (QED) is 0.530. The van der Waals surface area contributed by atoms with Crippen molar-refractivity contribution in [3.63, 3.8) is 0 Å². The van der Waals surface area contributed by atoms with Crippen molar-refractivity contribution in [2.24, 2.45) is 0 Å². The Morgan fingerprint density at radius 3 is 2.95 bits per heavy atom. The van der Waals surface area contributed by atoms with Crippen LogP contribution < -0.4 is 5.32 Å². The number of thioether (sulfide) groups is 1. The lowest BCUT2D eigenvalue weighted by atomic mass is 10.4. The molecule has 1 N–H and O–H groups in total. The Morgan fingerprint density at radius 2 is 2.19 bits per heavy atom. The summed E-state index contributed by atoms with van der Waals surface area (Å²) in [7, 11) is 1.70. The smallest absolute Gasteiger partial charge is 0.209 e. The number of nitrogens with zero attached hydrogens (tertiary/aromatic N) is 4. The molecule has 0 bridgehead atoms. The lowest BCUT2D eigenvalue weighted by molar-refractivity contribution is 0.199. The second-order valence-electron chi connectivity index (χ2n) is 4.44. The van der Waals surface area contributed by atoms with E-state index >= 15 is 0 Å². The number of thiophene rings is 1. The predicted octanol–water partition coefficient (Wildman–Crippen LogP) is 1.83. The highest BCUT2D eigenvalue weighted by atomic mass is 32.2. The van der Waals surface area contributed by atoms with Gasteiger partial charge in [0.25, 0.3) is 0 Å². The molecule has 2 aromatic rings. The molecule has 2 heterocycles. The third kappa shape index (κ3) is 5.39. The first-order chi connectivity index (χ1) is 10.3. The van der Waals surface area contributed by atoms with E-state index < -0.39 is 0 Å². The lowest BCUT2D eigenvalue weighted by Crippen LogP contribution is -2.24. The van der Waals surface area contributed by atoms with Crippen molar-refractivity contribution in [1.29, 1.82) is 0 Å². The first-order valence-electron chi connectivity index (χ1n) is 6.99. The number of hydrogen-bond donors (Lipinski definition) is 1. The van der Waals surface area contributed by atoms with E-state index in [0.717, 1.165) is 43.6 Å². The summed E-state index contributed by atoms with van der Waals surface area (Å²) in [6.07, 6.45) is 1.10. The number of rotatable bonds is 10. The van der Waals surface area contributed by atoms with Gasteiger partial charge >= 0.3 is 0 Å². The van der Waals surface area contributed by atoms with Crippen LogP contribution in [0.2, 0.25) is 0 Å². The molecule has 0 aliphatic rings. The number of aromatic nitrogens is 4. The van der Waals surface area contributed by atoms with Crippen molar-refractivity contribution >= 4 is 23.1 Å². The topological polar surface area (TPSA) is 64.9 Å². The van der Waals surface area contributed by atoms with Gasteiger partial charge in [-0.2, -0.15) is 0 Å². The molecule has 6 nitrogen and oxygen atoms in total. The molecule has 0 radical (unpaired) electrons. The molecule has 0 saturated heterocycles. The van der Waals surface area contributed by atoms with Gasteiger partial charge in [0.1, 0.15) is 0 Å². The molecule has 0 unspecified atom stereocenters. The summed E-state index contributed by atoms with van der Waals surface area (Å²) in [6.45, 7) is 5.34. The molecule has 21 heavy (non-hydrogen) atoms. The highest BCUT2D eigenvalue weighted by molar-refractivity contribution is 7.98. The molecule has 0 aliphatic carbocycles. The van der Waals surface area contributed by atoms with Crippen LogP contribution in [0.25, 0.3) is 0 Å². The maximum Gasteiger partial charge on any atom is 0.209 e. The average Bonchev–Trinajstić information content (AvgIpc) is 3.13. The normalized spacial score (nSPS) is 11.1. The van der Waals surface area contributed by atoms with Gasteiger partial charge in [0.2, 0.25) is 5.16 Å². The number of tetrazole rings is 1. The van der Waals surface area contributed by atoms with E-state index in [0.29, 0.717) is 0 Å². The molecule has 2 aromatic heterocycles. The predicted molar refractivity (Wildman–Crippen MR) is 85.8 cm³/mol. The number of nitrogens with one attached hydrogen (secondary N) is 1. The molecule has 0 spiro atoms.